The molecule has 2 N–H and O–H groups in total. The number of aldehydes is 1. The van der Waals surface area contributed by atoms with Gasteiger partial charge in [0.15, 0.2) is 11.4 Å². The Kier molecular flexibility index (Phi) is 3.46. The van der Waals surface area contributed by atoms with Gasteiger partial charge in [0.25, 0.3) is 0 Å². The summed E-state index contributed by atoms with van der Waals surface area (Å²) in [6, 6.07) is 6.91. The number of carbonyl (C=O) groups excluding carboxylic acids is 1. The molecule has 1 heterocycles. The Labute approximate surface area is 106 Å². The number of halogens is 1. The second kappa shape index (κ2) is 5.03. The van der Waals surface area contributed by atoms with E-state index in [1.54, 1.807) is 24.3 Å². The number of azo groups is 1. The molecule has 0 radical (unpaired) electrons. The molecule has 0 aliphatic carbocycles. The average molecular weight is 267 g/mol. The second-order valence-corrected chi connectivity index (χ2v) is 4.43. The zero-order chi connectivity index (χ0) is 12.3. The zero-order valence-corrected chi connectivity index (χ0v) is 10.1. The number of nitrogens with zero attached hydrogens (tertiary/aromatic N) is 3. The van der Waals surface area contributed by atoms with Crippen molar-refractivity contribution >= 4 is 45.7 Å². The lowest BCUT2D eigenvalue weighted by Crippen LogP contribution is -1.80. The molecule has 0 unspecified atom stereocenters. The molecule has 86 valence electrons. The molecule has 0 fully saturated rings. The van der Waals surface area contributed by atoms with Gasteiger partial charge in [0, 0.05) is 5.69 Å². The van der Waals surface area contributed by atoms with E-state index in [0.717, 1.165) is 11.3 Å². The first kappa shape index (κ1) is 11.7. The minimum atomic E-state index is 0.149. The quantitative estimate of drug-likeness (QED) is 0.523. The van der Waals surface area contributed by atoms with E-state index in [4.69, 9.17) is 17.3 Å². The zero-order valence-electron chi connectivity index (χ0n) is 8.50. The summed E-state index contributed by atoms with van der Waals surface area (Å²) in [5.74, 6) is 0. The van der Waals surface area contributed by atoms with Crippen LogP contribution in [-0.2, 0) is 0 Å². The fourth-order valence-electron chi connectivity index (χ4n) is 1.06. The molecule has 2 aromatic rings. The van der Waals surface area contributed by atoms with Crippen LogP contribution >= 0.6 is 22.9 Å². The lowest BCUT2D eigenvalue weighted by molar-refractivity contribution is 0.112. The smallest absolute Gasteiger partial charge is 0.232 e. The maximum Gasteiger partial charge on any atom is 0.232 e. The van der Waals surface area contributed by atoms with Crippen LogP contribution in [0.5, 0.6) is 0 Å². The maximum atomic E-state index is 10.6. The minimum absolute atomic E-state index is 0.149. The van der Waals surface area contributed by atoms with Crippen molar-refractivity contribution in [1.82, 2.24) is 4.98 Å². The first-order valence-corrected chi connectivity index (χ1v) is 5.77. The van der Waals surface area contributed by atoms with E-state index in [1.807, 2.05) is 0 Å². The Hall–Kier alpha value is -1.79. The van der Waals surface area contributed by atoms with Crippen molar-refractivity contribution in [1.29, 1.82) is 0 Å². The molecule has 0 saturated heterocycles. The highest BCUT2D eigenvalue weighted by Crippen LogP contribution is 2.28. The van der Waals surface area contributed by atoms with Gasteiger partial charge in [-0.05, 0) is 24.3 Å². The van der Waals surface area contributed by atoms with E-state index in [9.17, 15) is 4.79 Å². The van der Waals surface area contributed by atoms with Crippen molar-refractivity contribution < 1.29 is 4.79 Å². The summed E-state index contributed by atoms with van der Waals surface area (Å²) in [6.07, 6.45) is 0.641. The molecule has 0 spiro atoms. The van der Waals surface area contributed by atoms with Gasteiger partial charge >= 0.3 is 0 Å². The molecular weight excluding hydrogens is 260 g/mol. The van der Waals surface area contributed by atoms with Gasteiger partial charge in [-0.15, -0.1) is 10.2 Å². The number of nitrogens with two attached hydrogens (primary N) is 1. The molecular formula is C10H7ClN4OS. The van der Waals surface area contributed by atoms with Crippen LogP contribution in [0.4, 0.5) is 16.5 Å². The molecule has 0 saturated carbocycles. The number of nitrogen functional groups attached to an aromatic ring is 1. The monoisotopic (exact) mass is 266 g/mol. The lowest BCUT2D eigenvalue weighted by atomic mass is 10.3. The molecule has 5 nitrogen and oxygen atoms in total. The van der Waals surface area contributed by atoms with Gasteiger partial charge in [-0.25, -0.2) is 4.98 Å². The van der Waals surface area contributed by atoms with E-state index in [2.05, 4.69) is 15.2 Å². The fourth-order valence-corrected chi connectivity index (χ4v) is 1.94. The van der Waals surface area contributed by atoms with Crippen LogP contribution in [0, 0.1) is 0 Å². The third-order valence-electron chi connectivity index (χ3n) is 1.85. The summed E-state index contributed by atoms with van der Waals surface area (Å²) in [7, 11) is 0. The summed E-state index contributed by atoms with van der Waals surface area (Å²) < 4.78 is 0. The lowest BCUT2D eigenvalue weighted by Gasteiger charge is -1.92. The Bertz CT molecular complexity index is 564. The topological polar surface area (TPSA) is 80.7 Å². The number of carbonyl (C=O) groups is 1. The van der Waals surface area contributed by atoms with Crippen LogP contribution in [0.15, 0.2) is 34.5 Å². The van der Waals surface area contributed by atoms with Crippen LogP contribution in [0.25, 0.3) is 0 Å². The third-order valence-corrected chi connectivity index (χ3v) is 3.11. The van der Waals surface area contributed by atoms with Crippen LogP contribution in [-0.4, -0.2) is 11.3 Å². The molecule has 0 amide bonds. The highest BCUT2D eigenvalue weighted by atomic mass is 35.5. The predicted molar refractivity (Wildman–Crippen MR) is 67.5 cm³/mol. The molecule has 2 rings (SSSR count). The van der Waals surface area contributed by atoms with E-state index in [0.29, 0.717) is 27.7 Å². The molecule has 17 heavy (non-hydrogen) atoms. The van der Waals surface area contributed by atoms with Gasteiger partial charge in [0.1, 0.15) is 4.88 Å². The van der Waals surface area contributed by atoms with Crippen LogP contribution in [0.2, 0.25) is 5.15 Å². The molecule has 7 heteroatoms. The van der Waals surface area contributed by atoms with Gasteiger partial charge in [0.2, 0.25) is 5.13 Å². The molecule has 1 aromatic heterocycles. The summed E-state index contributed by atoms with van der Waals surface area (Å²) in [5.41, 5.74) is 6.84. The molecule has 1 aromatic carbocycles. The summed E-state index contributed by atoms with van der Waals surface area (Å²) >= 11 is 6.78. The summed E-state index contributed by atoms with van der Waals surface area (Å²) in [4.78, 5) is 14.8. The largest absolute Gasteiger partial charge is 0.399 e. The van der Waals surface area contributed by atoms with Gasteiger partial charge in [-0.2, -0.15) is 0 Å². The van der Waals surface area contributed by atoms with Crippen molar-refractivity contribution in [2.45, 2.75) is 0 Å². The summed E-state index contributed by atoms with van der Waals surface area (Å²) in [6.45, 7) is 0. The van der Waals surface area contributed by atoms with Crippen molar-refractivity contribution in [3.05, 3.63) is 34.3 Å². The van der Waals surface area contributed by atoms with E-state index in [1.165, 1.54) is 0 Å². The Morgan fingerprint density at radius 3 is 2.59 bits per heavy atom. The molecule has 0 bridgehead atoms. The van der Waals surface area contributed by atoms with E-state index in [-0.39, 0.29) is 5.15 Å². The fraction of sp³-hybridized carbons (Fsp3) is 0. The standard InChI is InChI=1S/C10H7ClN4OS/c11-9-8(5-16)17-10(13-9)15-14-7-3-1-6(12)2-4-7/h1-5H,12H2. The number of thiazole rings is 1. The van der Waals surface area contributed by atoms with Crippen molar-refractivity contribution in [3.63, 3.8) is 0 Å². The SMILES string of the molecule is Nc1ccc(N=Nc2nc(Cl)c(C=O)s2)cc1. The highest BCUT2D eigenvalue weighted by molar-refractivity contribution is 7.17. The third kappa shape index (κ3) is 2.86. The Balaban J connectivity index is 2.19. The van der Waals surface area contributed by atoms with Crippen LogP contribution in [0.3, 0.4) is 0 Å². The van der Waals surface area contributed by atoms with Crippen LogP contribution in [0.1, 0.15) is 9.67 Å². The summed E-state index contributed by atoms with van der Waals surface area (Å²) in [5, 5.41) is 8.32. The number of hydrogen-bond donors (Lipinski definition) is 1. The normalized spacial score (nSPS) is 10.9. The van der Waals surface area contributed by atoms with Crippen LogP contribution < -0.4 is 5.73 Å². The van der Waals surface area contributed by atoms with Gasteiger partial charge in [-0.3, -0.25) is 4.79 Å². The Morgan fingerprint density at radius 1 is 1.29 bits per heavy atom. The molecule has 0 aliphatic heterocycles. The number of hydrogen-bond acceptors (Lipinski definition) is 6. The first-order valence-electron chi connectivity index (χ1n) is 4.58. The Morgan fingerprint density at radius 2 is 2.00 bits per heavy atom. The van der Waals surface area contributed by atoms with Gasteiger partial charge in [0.05, 0.1) is 5.69 Å². The van der Waals surface area contributed by atoms with E-state index < -0.39 is 0 Å². The number of anilines is 1. The second-order valence-electron chi connectivity index (χ2n) is 3.06. The molecule has 0 atom stereocenters. The first-order chi connectivity index (χ1) is 8.19. The predicted octanol–water partition coefficient (Wildman–Crippen LogP) is 3.61. The van der Waals surface area contributed by atoms with Gasteiger partial charge < -0.3 is 5.73 Å². The average Bonchev–Trinajstić information content (AvgIpc) is 2.69. The number of rotatable bonds is 3. The number of aromatic nitrogens is 1. The van der Waals surface area contributed by atoms with Gasteiger partial charge in [-0.1, -0.05) is 22.9 Å². The van der Waals surface area contributed by atoms with Crippen molar-refractivity contribution in [2.24, 2.45) is 10.2 Å². The molecule has 0 aliphatic rings. The van der Waals surface area contributed by atoms with E-state index >= 15 is 0 Å². The van der Waals surface area contributed by atoms with Crippen molar-refractivity contribution in [3.8, 4) is 0 Å². The minimum Gasteiger partial charge on any atom is -0.399 e. The number of benzene rings is 1. The maximum absolute atomic E-state index is 10.6. The highest BCUT2D eigenvalue weighted by Gasteiger charge is 2.07. The van der Waals surface area contributed by atoms with Crippen molar-refractivity contribution in [2.75, 3.05) is 5.73 Å².